The molecular formula is C20H25N7O4S. The van der Waals surface area contributed by atoms with Gasteiger partial charge in [-0.1, -0.05) is 6.07 Å². The maximum atomic E-state index is 13.2. The lowest BCUT2D eigenvalue weighted by atomic mass is 10.1. The van der Waals surface area contributed by atoms with Crippen molar-refractivity contribution in [3.8, 4) is 0 Å². The Kier molecular flexibility index (Phi) is 5.78. The molecule has 0 saturated carbocycles. The molecule has 0 aliphatic carbocycles. The van der Waals surface area contributed by atoms with Gasteiger partial charge in [-0.2, -0.15) is 0 Å². The van der Waals surface area contributed by atoms with Gasteiger partial charge in [-0.25, -0.2) is 15.0 Å². The van der Waals surface area contributed by atoms with Crippen molar-refractivity contribution in [2.24, 2.45) is 0 Å². The Labute approximate surface area is 188 Å². The number of amides is 1. The molecule has 0 spiro atoms. The molecule has 5 heterocycles. The van der Waals surface area contributed by atoms with E-state index in [4.69, 9.17) is 10.5 Å². The summed E-state index contributed by atoms with van der Waals surface area (Å²) < 4.78 is 7.34. The molecule has 1 amide bonds. The molecule has 4 N–H and O–H groups in total. The molecule has 5 rings (SSSR count). The van der Waals surface area contributed by atoms with Crippen molar-refractivity contribution in [3.05, 3.63) is 35.0 Å². The predicted octanol–water partition coefficient (Wildman–Crippen LogP) is -0.176. The van der Waals surface area contributed by atoms with Gasteiger partial charge in [0.15, 0.2) is 23.8 Å². The summed E-state index contributed by atoms with van der Waals surface area (Å²) in [5, 5.41) is 23.3. The van der Waals surface area contributed by atoms with E-state index in [9.17, 15) is 15.0 Å². The molecule has 2 aliphatic rings. The van der Waals surface area contributed by atoms with E-state index in [1.807, 2.05) is 6.07 Å². The Hall–Kier alpha value is -2.64. The van der Waals surface area contributed by atoms with Crippen LogP contribution >= 0.6 is 11.3 Å². The Morgan fingerprint density at radius 3 is 2.88 bits per heavy atom. The highest BCUT2D eigenvalue weighted by Gasteiger charge is 2.49. The van der Waals surface area contributed by atoms with Crippen molar-refractivity contribution in [1.29, 1.82) is 0 Å². The first kappa shape index (κ1) is 21.2. The Balaban J connectivity index is 1.28. The topological polar surface area (TPSA) is 143 Å². The number of thiophene rings is 1. The van der Waals surface area contributed by atoms with Crippen LogP contribution in [0, 0.1) is 0 Å². The fourth-order valence-electron chi connectivity index (χ4n) is 4.30. The van der Waals surface area contributed by atoms with E-state index in [2.05, 4.69) is 31.3 Å². The molecule has 2 saturated heterocycles. The van der Waals surface area contributed by atoms with Crippen molar-refractivity contribution in [3.63, 3.8) is 0 Å². The first-order chi connectivity index (χ1) is 15.5. The highest BCUT2D eigenvalue weighted by molar-refractivity contribution is 7.09. The van der Waals surface area contributed by atoms with E-state index in [0.29, 0.717) is 24.3 Å². The monoisotopic (exact) mass is 459 g/mol. The molecular weight excluding hydrogens is 434 g/mol. The van der Waals surface area contributed by atoms with Gasteiger partial charge in [-0.05, 0) is 17.9 Å². The summed E-state index contributed by atoms with van der Waals surface area (Å²) in [6.07, 6.45) is -1.34. The van der Waals surface area contributed by atoms with E-state index in [1.54, 1.807) is 16.2 Å². The Morgan fingerprint density at radius 1 is 1.19 bits per heavy atom. The lowest BCUT2D eigenvalue weighted by molar-refractivity contribution is -0.148. The third kappa shape index (κ3) is 3.84. The van der Waals surface area contributed by atoms with Gasteiger partial charge in [0.2, 0.25) is 0 Å². The van der Waals surface area contributed by atoms with Crippen molar-refractivity contribution >= 4 is 34.2 Å². The van der Waals surface area contributed by atoms with Gasteiger partial charge in [0.05, 0.1) is 6.33 Å². The molecule has 32 heavy (non-hydrogen) atoms. The summed E-state index contributed by atoms with van der Waals surface area (Å²) >= 11 is 1.72. The average Bonchev–Trinajstić information content (AvgIpc) is 3.47. The van der Waals surface area contributed by atoms with Crippen molar-refractivity contribution < 1.29 is 19.7 Å². The molecule has 2 aliphatic heterocycles. The number of aliphatic hydroxyl groups excluding tert-OH is 2. The second-order valence-electron chi connectivity index (χ2n) is 8.05. The lowest BCUT2D eigenvalue weighted by Gasteiger charge is -2.25. The second-order valence-corrected chi connectivity index (χ2v) is 9.08. The van der Waals surface area contributed by atoms with Gasteiger partial charge < -0.3 is 25.6 Å². The quantitative estimate of drug-likeness (QED) is 0.484. The highest BCUT2D eigenvalue weighted by Crippen LogP contribution is 2.33. The van der Waals surface area contributed by atoms with Crippen LogP contribution in [0.2, 0.25) is 0 Å². The van der Waals surface area contributed by atoms with Crippen LogP contribution < -0.4 is 5.73 Å². The largest absolute Gasteiger partial charge is 0.387 e. The number of imidazole rings is 1. The molecule has 4 atom stereocenters. The number of aliphatic hydroxyl groups is 2. The zero-order chi connectivity index (χ0) is 22.2. The first-order valence-corrected chi connectivity index (χ1v) is 11.4. The van der Waals surface area contributed by atoms with Crippen LogP contribution in [0.25, 0.3) is 11.2 Å². The summed E-state index contributed by atoms with van der Waals surface area (Å²) in [7, 11) is 0. The molecule has 0 unspecified atom stereocenters. The number of hydrogen-bond donors (Lipinski definition) is 3. The number of ether oxygens (including phenoxy) is 1. The molecule has 11 nitrogen and oxygen atoms in total. The van der Waals surface area contributed by atoms with Crippen LogP contribution in [0.1, 0.15) is 17.5 Å². The summed E-state index contributed by atoms with van der Waals surface area (Å²) in [5.74, 6) is -0.123. The molecule has 170 valence electrons. The Bertz CT molecular complexity index is 1090. The molecule has 0 aromatic carbocycles. The normalized spacial score (nSPS) is 27.1. The minimum atomic E-state index is -1.37. The van der Waals surface area contributed by atoms with Gasteiger partial charge in [-0.15, -0.1) is 11.3 Å². The van der Waals surface area contributed by atoms with E-state index >= 15 is 0 Å². The van der Waals surface area contributed by atoms with Crippen LogP contribution in [-0.2, 0) is 16.1 Å². The molecule has 2 fully saturated rings. The smallest absolute Gasteiger partial charge is 0.254 e. The Morgan fingerprint density at radius 2 is 2.06 bits per heavy atom. The first-order valence-electron chi connectivity index (χ1n) is 10.5. The van der Waals surface area contributed by atoms with E-state index in [-0.39, 0.29) is 11.7 Å². The van der Waals surface area contributed by atoms with Crippen molar-refractivity contribution in [2.75, 3.05) is 31.9 Å². The fourth-order valence-corrected chi connectivity index (χ4v) is 5.05. The number of nitrogen functional groups attached to an aromatic ring is 1. The minimum absolute atomic E-state index is 0.200. The average molecular weight is 460 g/mol. The van der Waals surface area contributed by atoms with Crippen LogP contribution in [0.4, 0.5) is 5.82 Å². The molecule has 12 heteroatoms. The van der Waals surface area contributed by atoms with Gasteiger partial charge in [0.25, 0.3) is 5.91 Å². The third-order valence-corrected chi connectivity index (χ3v) is 6.86. The van der Waals surface area contributed by atoms with Crippen LogP contribution in [-0.4, -0.2) is 89.9 Å². The van der Waals surface area contributed by atoms with Crippen LogP contribution in [0.5, 0.6) is 0 Å². The number of nitrogens with two attached hydrogens (primary N) is 1. The number of rotatable bonds is 4. The van der Waals surface area contributed by atoms with E-state index in [0.717, 1.165) is 26.1 Å². The number of nitrogens with zero attached hydrogens (tertiary/aromatic N) is 6. The van der Waals surface area contributed by atoms with Gasteiger partial charge in [-0.3, -0.25) is 14.3 Å². The third-order valence-electron chi connectivity index (χ3n) is 6.00. The number of anilines is 1. The maximum absolute atomic E-state index is 13.2. The maximum Gasteiger partial charge on any atom is 0.254 e. The SMILES string of the molecule is Nc1ncnc2c1ncn2[C@@H]1O[C@H](C(=O)N2CCCN(Cc3cccs3)CC2)[C@@H](O)[C@H]1O. The molecule has 0 bridgehead atoms. The number of fused-ring (bicyclic) bond motifs is 1. The summed E-state index contributed by atoms with van der Waals surface area (Å²) in [6.45, 7) is 3.60. The van der Waals surface area contributed by atoms with E-state index < -0.39 is 24.5 Å². The predicted molar refractivity (Wildman–Crippen MR) is 116 cm³/mol. The van der Waals surface area contributed by atoms with Crippen LogP contribution in [0.3, 0.4) is 0 Å². The number of hydrogen-bond acceptors (Lipinski definition) is 10. The van der Waals surface area contributed by atoms with Gasteiger partial charge in [0, 0.05) is 37.6 Å². The molecule has 3 aromatic heterocycles. The zero-order valence-electron chi connectivity index (χ0n) is 17.3. The summed E-state index contributed by atoms with van der Waals surface area (Å²) in [5.41, 5.74) is 6.56. The second kappa shape index (κ2) is 8.71. The zero-order valence-corrected chi connectivity index (χ0v) is 18.1. The van der Waals surface area contributed by atoms with Crippen molar-refractivity contribution in [1.82, 2.24) is 29.3 Å². The highest BCUT2D eigenvalue weighted by atomic mass is 32.1. The molecule has 3 aromatic rings. The van der Waals surface area contributed by atoms with Gasteiger partial charge in [0.1, 0.15) is 24.1 Å². The minimum Gasteiger partial charge on any atom is -0.387 e. The van der Waals surface area contributed by atoms with E-state index in [1.165, 1.54) is 22.1 Å². The van der Waals surface area contributed by atoms with Gasteiger partial charge >= 0.3 is 0 Å². The number of carbonyl (C=O) groups excluding carboxylic acids is 1. The number of carbonyl (C=O) groups is 1. The van der Waals surface area contributed by atoms with Crippen LogP contribution in [0.15, 0.2) is 30.2 Å². The lowest BCUT2D eigenvalue weighted by Crippen LogP contribution is -2.46. The summed E-state index contributed by atoms with van der Waals surface area (Å²) in [4.78, 5) is 30.8. The van der Waals surface area contributed by atoms with Crippen molar-refractivity contribution in [2.45, 2.75) is 37.5 Å². The molecule has 0 radical (unpaired) electrons. The fraction of sp³-hybridized carbons (Fsp3) is 0.500. The summed E-state index contributed by atoms with van der Waals surface area (Å²) in [6, 6.07) is 4.15. The number of aromatic nitrogens is 4. The standard InChI is InChI=1S/C20H25N7O4S/c21-17-13-18(23-10-22-17)27(11-24-13)20-15(29)14(28)16(31-20)19(30)26-5-2-4-25(6-7-26)9-12-3-1-8-32-12/h1,3,8,10-11,14-16,20,28-29H,2,4-7,9H2,(H2,21,22,23)/t14-,15+,16-,20+/m0/s1.